The smallest absolute Gasteiger partial charge is 0.136 e. The molecule has 0 aliphatic carbocycles. The first-order valence-electron chi connectivity index (χ1n) is 4.73. The molecule has 4 heteroatoms. The summed E-state index contributed by atoms with van der Waals surface area (Å²) in [5.41, 5.74) is 1.17. The summed E-state index contributed by atoms with van der Waals surface area (Å²) in [7, 11) is 0. The molecule has 2 aromatic rings. The van der Waals surface area contributed by atoms with Crippen LogP contribution in [0.5, 0.6) is 5.75 Å². The van der Waals surface area contributed by atoms with Crippen LogP contribution in [0, 0.1) is 5.82 Å². The lowest BCUT2D eigenvalue weighted by molar-refractivity contribution is 0.469. The number of phenolic OH excluding ortho intramolecular Hbond substituents is 1. The number of aryl methyl sites for hydroxylation is 1. The number of benzene rings is 1. The Morgan fingerprint density at radius 3 is 2.87 bits per heavy atom. The summed E-state index contributed by atoms with van der Waals surface area (Å²) in [6, 6.07) is 5.86. The second kappa shape index (κ2) is 3.73. The van der Waals surface area contributed by atoms with Crippen LogP contribution in [0.25, 0.3) is 11.3 Å². The third-order valence-corrected chi connectivity index (χ3v) is 2.24. The fraction of sp³-hybridized carbons (Fsp3) is 0.182. The van der Waals surface area contributed by atoms with Crippen LogP contribution in [-0.4, -0.2) is 14.9 Å². The third-order valence-electron chi connectivity index (χ3n) is 2.24. The molecule has 1 N–H and O–H groups in total. The Morgan fingerprint density at radius 2 is 2.20 bits per heavy atom. The number of rotatable bonds is 2. The van der Waals surface area contributed by atoms with Gasteiger partial charge in [-0.15, -0.1) is 0 Å². The van der Waals surface area contributed by atoms with E-state index < -0.39 is 5.82 Å². The Bertz CT molecular complexity index is 479. The number of aromatic nitrogens is 2. The molecule has 3 nitrogen and oxygen atoms in total. The summed E-state index contributed by atoms with van der Waals surface area (Å²) in [4.78, 5) is 0. The molecule has 0 fully saturated rings. The predicted molar refractivity (Wildman–Crippen MR) is 55.0 cm³/mol. The van der Waals surface area contributed by atoms with Gasteiger partial charge < -0.3 is 5.11 Å². The summed E-state index contributed by atoms with van der Waals surface area (Å²) >= 11 is 0. The maximum atomic E-state index is 13.5. The van der Waals surface area contributed by atoms with Gasteiger partial charge in [0.15, 0.2) is 0 Å². The minimum Gasteiger partial charge on any atom is -0.508 e. The predicted octanol–water partition coefficient (Wildman–Crippen LogP) is 2.41. The maximum Gasteiger partial charge on any atom is 0.136 e. The molecule has 0 saturated carbocycles. The Morgan fingerprint density at radius 1 is 1.40 bits per heavy atom. The molecular weight excluding hydrogens is 195 g/mol. The van der Waals surface area contributed by atoms with Gasteiger partial charge in [-0.25, -0.2) is 4.39 Å². The molecule has 78 valence electrons. The molecule has 0 atom stereocenters. The first kappa shape index (κ1) is 9.71. The quantitative estimate of drug-likeness (QED) is 0.819. The average Bonchev–Trinajstić information content (AvgIpc) is 2.65. The van der Waals surface area contributed by atoms with E-state index in [1.165, 1.54) is 6.07 Å². The Labute approximate surface area is 86.8 Å². The Balaban J connectivity index is 2.54. The van der Waals surface area contributed by atoms with Crippen molar-refractivity contribution in [3.05, 3.63) is 36.3 Å². The largest absolute Gasteiger partial charge is 0.508 e. The standard InChI is InChI=1S/C11H11FN2O/c1-2-14-11(5-6-13-14)9-4-3-8(15)7-10(9)12/h3-7,15H,2H2,1H3. The van der Waals surface area contributed by atoms with E-state index in [9.17, 15) is 4.39 Å². The van der Waals surface area contributed by atoms with E-state index in [1.54, 1.807) is 23.0 Å². The zero-order valence-electron chi connectivity index (χ0n) is 8.31. The number of aromatic hydroxyl groups is 1. The lowest BCUT2D eigenvalue weighted by Gasteiger charge is -2.06. The minimum atomic E-state index is -0.440. The van der Waals surface area contributed by atoms with Crippen molar-refractivity contribution in [2.45, 2.75) is 13.5 Å². The van der Waals surface area contributed by atoms with Crippen molar-refractivity contribution in [1.82, 2.24) is 9.78 Å². The Hall–Kier alpha value is -1.84. The van der Waals surface area contributed by atoms with E-state index in [1.807, 2.05) is 6.92 Å². The van der Waals surface area contributed by atoms with Gasteiger partial charge in [-0.1, -0.05) is 0 Å². The fourth-order valence-electron chi connectivity index (χ4n) is 1.53. The summed E-state index contributed by atoms with van der Waals surface area (Å²) in [6.45, 7) is 2.62. The van der Waals surface area contributed by atoms with Crippen LogP contribution >= 0.6 is 0 Å². The number of phenols is 1. The van der Waals surface area contributed by atoms with Crippen LogP contribution in [0.4, 0.5) is 4.39 Å². The van der Waals surface area contributed by atoms with Crippen LogP contribution < -0.4 is 0 Å². The van der Waals surface area contributed by atoms with Gasteiger partial charge >= 0.3 is 0 Å². The van der Waals surface area contributed by atoms with Crippen LogP contribution in [-0.2, 0) is 6.54 Å². The van der Waals surface area contributed by atoms with E-state index in [-0.39, 0.29) is 5.75 Å². The molecule has 0 aliphatic rings. The fourth-order valence-corrected chi connectivity index (χ4v) is 1.53. The third kappa shape index (κ3) is 1.70. The molecule has 0 radical (unpaired) electrons. The van der Waals surface area contributed by atoms with Gasteiger partial charge in [0.2, 0.25) is 0 Å². The number of hydrogen-bond acceptors (Lipinski definition) is 2. The van der Waals surface area contributed by atoms with E-state index in [0.717, 1.165) is 11.8 Å². The molecule has 0 saturated heterocycles. The van der Waals surface area contributed by atoms with Crippen molar-refractivity contribution >= 4 is 0 Å². The van der Waals surface area contributed by atoms with Crippen molar-refractivity contribution in [3.63, 3.8) is 0 Å². The lowest BCUT2D eigenvalue weighted by atomic mass is 10.1. The van der Waals surface area contributed by atoms with Gasteiger partial charge in [0.1, 0.15) is 11.6 Å². The number of halogens is 1. The summed E-state index contributed by atoms with van der Waals surface area (Å²) < 4.78 is 15.2. The topological polar surface area (TPSA) is 38.0 Å². The van der Waals surface area contributed by atoms with Crippen LogP contribution in [0.3, 0.4) is 0 Å². The molecule has 15 heavy (non-hydrogen) atoms. The highest BCUT2D eigenvalue weighted by molar-refractivity contribution is 5.61. The minimum absolute atomic E-state index is 0.0705. The summed E-state index contributed by atoms with van der Waals surface area (Å²) in [6.07, 6.45) is 1.63. The highest BCUT2D eigenvalue weighted by Gasteiger charge is 2.09. The van der Waals surface area contributed by atoms with Crippen molar-refractivity contribution in [3.8, 4) is 17.0 Å². The summed E-state index contributed by atoms with van der Waals surface area (Å²) in [5.74, 6) is -0.510. The van der Waals surface area contributed by atoms with Gasteiger partial charge in [-0.3, -0.25) is 4.68 Å². The molecular formula is C11H11FN2O. The Kier molecular flexibility index (Phi) is 2.41. The first-order chi connectivity index (χ1) is 7.22. The van der Waals surface area contributed by atoms with Crippen LogP contribution in [0.1, 0.15) is 6.92 Å². The van der Waals surface area contributed by atoms with E-state index in [2.05, 4.69) is 5.10 Å². The van der Waals surface area contributed by atoms with Crippen molar-refractivity contribution in [2.24, 2.45) is 0 Å². The van der Waals surface area contributed by atoms with E-state index >= 15 is 0 Å². The molecule has 0 unspecified atom stereocenters. The zero-order valence-corrected chi connectivity index (χ0v) is 8.31. The molecule has 0 amide bonds. The molecule has 1 aromatic heterocycles. The van der Waals surface area contributed by atoms with Gasteiger partial charge in [-0.2, -0.15) is 5.10 Å². The van der Waals surface area contributed by atoms with Gasteiger partial charge in [0.25, 0.3) is 0 Å². The molecule has 1 aromatic carbocycles. The average molecular weight is 206 g/mol. The van der Waals surface area contributed by atoms with Crippen LogP contribution in [0.15, 0.2) is 30.5 Å². The molecule has 1 heterocycles. The normalized spacial score (nSPS) is 10.5. The lowest BCUT2D eigenvalue weighted by Crippen LogP contribution is -1.99. The number of hydrogen-bond donors (Lipinski definition) is 1. The highest BCUT2D eigenvalue weighted by Crippen LogP contribution is 2.25. The highest BCUT2D eigenvalue weighted by atomic mass is 19.1. The van der Waals surface area contributed by atoms with Crippen molar-refractivity contribution in [2.75, 3.05) is 0 Å². The molecule has 2 rings (SSSR count). The monoisotopic (exact) mass is 206 g/mol. The van der Waals surface area contributed by atoms with Gasteiger partial charge in [-0.05, 0) is 25.1 Å². The van der Waals surface area contributed by atoms with E-state index in [0.29, 0.717) is 12.1 Å². The van der Waals surface area contributed by atoms with Crippen LogP contribution in [0.2, 0.25) is 0 Å². The first-order valence-corrected chi connectivity index (χ1v) is 4.73. The van der Waals surface area contributed by atoms with Crippen molar-refractivity contribution in [1.29, 1.82) is 0 Å². The second-order valence-corrected chi connectivity index (χ2v) is 3.20. The zero-order chi connectivity index (χ0) is 10.8. The van der Waals surface area contributed by atoms with Gasteiger partial charge in [0, 0.05) is 24.4 Å². The summed E-state index contributed by atoms with van der Waals surface area (Å²) in [5, 5.41) is 13.2. The van der Waals surface area contributed by atoms with Gasteiger partial charge in [0.05, 0.1) is 5.69 Å². The molecule has 0 bridgehead atoms. The molecule has 0 aliphatic heterocycles. The van der Waals surface area contributed by atoms with E-state index in [4.69, 9.17) is 5.11 Å². The number of nitrogens with zero attached hydrogens (tertiary/aromatic N) is 2. The van der Waals surface area contributed by atoms with Crippen molar-refractivity contribution < 1.29 is 9.50 Å². The maximum absolute atomic E-state index is 13.5. The second-order valence-electron chi connectivity index (χ2n) is 3.20. The SMILES string of the molecule is CCn1nccc1-c1ccc(O)cc1F. The molecule has 0 spiro atoms.